The molecule has 24 heavy (non-hydrogen) atoms. The third kappa shape index (κ3) is 5.56. The van der Waals surface area contributed by atoms with Crippen molar-refractivity contribution in [2.24, 2.45) is 0 Å². The number of halogens is 4. The van der Waals surface area contributed by atoms with Gasteiger partial charge >= 0.3 is 6.18 Å². The molecule has 0 radical (unpaired) electrons. The number of amides is 1. The molecule has 0 aliphatic rings. The second-order valence-corrected chi connectivity index (χ2v) is 6.04. The van der Waals surface area contributed by atoms with Crippen LogP contribution in [0.2, 0.25) is 0 Å². The topological polar surface area (TPSA) is 29.1 Å². The maximum Gasteiger partial charge on any atom is 0.416 e. The predicted molar refractivity (Wildman–Crippen MR) is 85.9 cm³/mol. The zero-order valence-corrected chi connectivity index (χ0v) is 13.4. The fourth-order valence-electron chi connectivity index (χ4n) is 2.03. The van der Waals surface area contributed by atoms with Crippen molar-refractivity contribution in [2.45, 2.75) is 18.5 Å². The molecule has 2 rings (SSSR count). The van der Waals surface area contributed by atoms with Crippen molar-refractivity contribution in [3.05, 3.63) is 71.0 Å². The van der Waals surface area contributed by atoms with Crippen molar-refractivity contribution in [3.63, 3.8) is 0 Å². The van der Waals surface area contributed by atoms with E-state index in [-0.39, 0.29) is 35.3 Å². The zero-order chi connectivity index (χ0) is 17.6. The van der Waals surface area contributed by atoms with Crippen LogP contribution in [-0.2, 0) is 23.3 Å². The minimum Gasteiger partial charge on any atom is -0.351 e. The van der Waals surface area contributed by atoms with Gasteiger partial charge < -0.3 is 5.32 Å². The molecule has 7 heteroatoms. The van der Waals surface area contributed by atoms with Crippen LogP contribution in [0.1, 0.15) is 16.7 Å². The van der Waals surface area contributed by atoms with Gasteiger partial charge in [0.25, 0.3) is 0 Å². The maximum absolute atomic E-state index is 12.9. The Morgan fingerprint density at radius 1 is 1.04 bits per heavy atom. The Morgan fingerprint density at radius 2 is 1.71 bits per heavy atom. The standard InChI is InChI=1S/C17H15F4NOS/c18-14-7-5-12(6-8-14)9-22-16(23)11-24-10-13-3-1-2-4-15(13)17(19,20)21/h1-8H,9-11H2,(H,22,23). The lowest BCUT2D eigenvalue weighted by Gasteiger charge is -2.12. The summed E-state index contributed by atoms with van der Waals surface area (Å²) in [6.07, 6.45) is -4.40. The fourth-order valence-corrected chi connectivity index (χ4v) is 2.89. The first-order chi connectivity index (χ1) is 11.4. The molecule has 0 aliphatic carbocycles. The Labute approximate surface area is 141 Å². The van der Waals surface area contributed by atoms with E-state index >= 15 is 0 Å². The first kappa shape index (κ1) is 18.3. The summed E-state index contributed by atoms with van der Waals surface area (Å²) < 4.78 is 51.3. The summed E-state index contributed by atoms with van der Waals surface area (Å²) in [5.74, 6) is -0.495. The molecule has 0 atom stereocenters. The van der Waals surface area contributed by atoms with Crippen LogP contribution in [0.3, 0.4) is 0 Å². The van der Waals surface area contributed by atoms with Crippen LogP contribution in [0.25, 0.3) is 0 Å². The van der Waals surface area contributed by atoms with Crippen molar-refractivity contribution in [1.29, 1.82) is 0 Å². The number of hydrogen-bond acceptors (Lipinski definition) is 2. The molecular weight excluding hydrogens is 342 g/mol. The largest absolute Gasteiger partial charge is 0.416 e. The highest BCUT2D eigenvalue weighted by atomic mass is 32.2. The highest BCUT2D eigenvalue weighted by Gasteiger charge is 2.32. The van der Waals surface area contributed by atoms with Crippen LogP contribution in [-0.4, -0.2) is 11.7 Å². The van der Waals surface area contributed by atoms with Crippen molar-refractivity contribution < 1.29 is 22.4 Å². The van der Waals surface area contributed by atoms with Gasteiger partial charge in [0.15, 0.2) is 0 Å². The van der Waals surface area contributed by atoms with Gasteiger partial charge in [0.1, 0.15) is 5.82 Å². The summed E-state index contributed by atoms with van der Waals surface area (Å²) in [6.45, 7) is 0.249. The molecule has 2 nitrogen and oxygen atoms in total. The molecule has 0 bridgehead atoms. The van der Waals surface area contributed by atoms with Gasteiger partial charge in [-0.3, -0.25) is 4.79 Å². The highest BCUT2D eigenvalue weighted by molar-refractivity contribution is 7.99. The number of rotatable bonds is 6. The highest BCUT2D eigenvalue weighted by Crippen LogP contribution is 2.33. The molecule has 0 spiro atoms. The number of hydrogen-bond donors (Lipinski definition) is 1. The Morgan fingerprint density at radius 3 is 2.38 bits per heavy atom. The lowest BCUT2D eigenvalue weighted by molar-refractivity contribution is -0.138. The molecule has 0 unspecified atom stereocenters. The van der Waals surface area contributed by atoms with Crippen molar-refractivity contribution >= 4 is 17.7 Å². The predicted octanol–water partition coefficient (Wildman–Crippen LogP) is 4.39. The van der Waals surface area contributed by atoms with Crippen LogP contribution >= 0.6 is 11.8 Å². The van der Waals surface area contributed by atoms with Gasteiger partial charge in [0.2, 0.25) is 5.91 Å². The van der Waals surface area contributed by atoms with Gasteiger partial charge in [0.05, 0.1) is 11.3 Å². The lowest BCUT2D eigenvalue weighted by atomic mass is 10.1. The number of thioether (sulfide) groups is 1. The van der Waals surface area contributed by atoms with Crippen molar-refractivity contribution in [2.75, 3.05) is 5.75 Å². The SMILES string of the molecule is O=C(CSCc1ccccc1C(F)(F)F)NCc1ccc(F)cc1. The first-order valence-corrected chi connectivity index (χ1v) is 8.26. The minimum atomic E-state index is -4.40. The molecule has 0 heterocycles. The quantitative estimate of drug-likeness (QED) is 0.777. The average Bonchev–Trinajstić information content (AvgIpc) is 2.54. The van der Waals surface area contributed by atoms with E-state index < -0.39 is 11.7 Å². The molecule has 1 N–H and O–H groups in total. The third-order valence-electron chi connectivity index (χ3n) is 3.22. The van der Waals surface area contributed by atoms with Crippen LogP contribution in [0.15, 0.2) is 48.5 Å². The molecular formula is C17H15F4NOS. The van der Waals surface area contributed by atoms with E-state index in [1.54, 1.807) is 18.2 Å². The first-order valence-electron chi connectivity index (χ1n) is 7.10. The zero-order valence-electron chi connectivity index (χ0n) is 12.6. The Bertz CT molecular complexity index is 686. The lowest BCUT2D eigenvalue weighted by Crippen LogP contribution is -2.24. The van der Waals surface area contributed by atoms with Gasteiger partial charge in [0, 0.05) is 12.3 Å². The Hall–Kier alpha value is -2.02. The minimum absolute atomic E-state index is 0.0490. The van der Waals surface area contributed by atoms with E-state index in [1.165, 1.54) is 24.3 Å². The molecule has 2 aromatic rings. The summed E-state index contributed by atoms with van der Waals surface area (Å²) in [5.41, 5.74) is 0.225. The van der Waals surface area contributed by atoms with Gasteiger partial charge in [-0.1, -0.05) is 30.3 Å². The number of carbonyl (C=O) groups excluding carboxylic acids is 1. The Balaban J connectivity index is 1.80. The normalized spacial score (nSPS) is 11.3. The smallest absolute Gasteiger partial charge is 0.351 e. The van der Waals surface area contributed by atoms with E-state index in [1.807, 2.05) is 0 Å². The van der Waals surface area contributed by atoms with Crippen molar-refractivity contribution in [1.82, 2.24) is 5.32 Å². The monoisotopic (exact) mass is 357 g/mol. The van der Waals surface area contributed by atoms with Crippen LogP contribution in [0, 0.1) is 5.82 Å². The van der Waals surface area contributed by atoms with Gasteiger partial charge in [-0.15, -0.1) is 11.8 Å². The summed E-state index contributed by atoms with van der Waals surface area (Å²) in [4.78, 5) is 11.7. The maximum atomic E-state index is 12.9. The Kier molecular flexibility index (Phi) is 6.25. The molecule has 0 aromatic heterocycles. The third-order valence-corrected chi connectivity index (χ3v) is 4.20. The van der Waals surface area contributed by atoms with Crippen LogP contribution < -0.4 is 5.32 Å². The van der Waals surface area contributed by atoms with Crippen LogP contribution in [0.5, 0.6) is 0 Å². The summed E-state index contributed by atoms with van der Waals surface area (Å²) >= 11 is 1.11. The molecule has 0 aliphatic heterocycles. The number of nitrogens with one attached hydrogen (secondary N) is 1. The second-order valence-electron chi connectivity index (χ2n) is 5.05. The fraction of sp³-hybridized carbons (Fsp3) is 0.235. The molecule has 0 saturated heterocycles. The van der Waals surface area contributed by atoms with Crippen molar-refractivity contribution in [3.8, 4) is 0 Å². The van der Waals surface area contributed by atoms with E-state index in [2.05, 4.69) is 5.32 Å². The molecule has 2 aromatic carbocycles. The molecule has 0 saturated carbocycles. The van der Waals surface area contributed by atoms with E-state index in [0.717, 1.165) is 23.4 Å². The van der Waals surface area contributed by atoms with E-state index in [0.29, 0.717) is 0 Å². The van der Waals surface area contributed by atoms with E-state index in [4.69, 9.17) is 0 Å². The number of benzene rings is 2. The summed E-state index contributed by atoms with van der Waals surface area (Å²) in [7, 11) is 0. The molecule has 128 valence electrons. The van der Waals surface area contributed by atoms with Crippen LogP contribution in [0.4, 0.5) is 17.6 Å². The van der Waals surface area contributed by atoms with Gasteiger partial charge in [-0.25, -0.2) is 4.39 Å². The second kappa shape index (κ2) is 8.19. The summed E-state index contributed by atoms with van der Waals surface area (Å²) in [5, 5.41) is 2.65. The summed E-state index contributed by atoms with van der Waals surface area (Å²) in [6, 6.07) is 11.0. The molecule has 1 amide bonds. The van der Waals surface area contributed by atoms with Gasteiger partial charge in [-0.2, -0.15) is 13.2 Å². The number of alkyl halides is 3. The molecule has 0 fully saturated rings. The number of carbonyl (C=O) groups is 1. The van der Waals surface area contributed by atoms with Gasteiger partial charge in [-0.05, 0) is 29.3 Å². The van der Waals surface area contributed by atoms with E-state index in [9.17, 15) is 22.4 Å². The average molecular weight is 357 g/mol.